The molecule has 0 radical (unpaired) electrons. The van der Waals surface area contributed by atoms with Gasteiger partial charge in [-0.1, -0.05) is 12.1 Å². The van der Waals surface area contributed by atoms with Gasteiger partial charge in [-0.25, -0.2) is 8.78 Å². The first-order valence-electron chi connectivity index (χ1n) is 8.91. The minimum absolute atomic E-state index is 0.241. The van der Waals surface area contributed by atoms with E-state index in [-0.39, 0.29) is 12.5 Å². The van der Waals surface area contributed by atoms with Gasteiger partial charge >= 0.3 is 12.3 Å². The molecule has 0 bridgehead atoms. The van der Waals surface area contributed by atoms with Crippen LogP contribution in [0.5, 0.6) is 0 Å². The van der Waals surface area contributed by atoms with E-state index in [1.807, 2.05) is 24.6 Å². The fourth-order valence-corrected chi connectivity index (χ4v) is 2.74. The van der Waals surface area contributed by atoms with Crippen molar-refractivity contribution >= 4 is 0 Å². The number of alkyl halides is 4. The largest absolute Gasteiger partial charge is 0.421 e. The van der Waals surface area contributed by atoms with Crippen LogP contribution >= 0.6 is 0 Å². The molecule has 0 fully saturated rings. The van der Waals surface area contributed by atoms with Crippen LogP contribution in [0.25, 0.3) is 11.5 Å². The smallest absolute Gasteiger partial charge is 0.330 e. The minimum Gasteiger partial charge on any atom is -0.421 e. The van der Waals surface area contributed by atoms with Crippen molar-refractivity contribution < 1.29 is 26.7 Å². The maximum absolute atomic E-state index is 12.9. The van der Waals surface area contributed by atoms with Crippen LogP contribution in [0.2, 0.25) is 0 Å². The zero-order chi connectivity index (χ0) is 21.0. The first kappa shape index (κ1) is 21.0. The molecule has 0 aliphatic rings. The molecule has 0 spiro atoms. The first-order valence-corrected chi connectivity index (χ1v) is 8.91. The van der Waals surface area contributed by atoms with Crippen molar-refractivity contribution in [3.63, 3.8) is 0 Å². The Morgan fingerprint density at radius 1 is 1.17 bits per heavy atom. The molecule has 156 valence electrons. The van der Waals surface area contributed by atoms with Crippen molar-refractivity contribution in [1.29, 1.82) is 0 Å². The number of aryl methyl sites for hydroxylation is 4. The molecule has 0 aliphatic carbocycles. The number of benzene rings is 1. The number of hydrogen-bond acceptors (Lipinski definition) is 5. The van der Waals surface area contributed by atoms with E-state index in [2.05, 4.69) is 15.3 Å². The van der Waals surface area contributed by atoms with Gasteiger partial charge in [0.15, 0.2) is 0 Å². The standard InChI is InChI=1S/C19H20F4N4O2/c1-12-8-13(2)27(26-12)7-6-16-24-25-17(29-16)15-5-3-4-14(9-15)10-28-11-19(22,23)18(20)21/h3-5,8-9,18H,6-7,10-11H2,1-2H3. The second-order valence-electron chi connectivity index (χ2n) is 6.66. The molecule has 3 aromatic rings. The zero-order valence-electron chi connectivity index (χ0n) is 15.9. The molecule has 1 aromatic carbocycles. The third-order valence-electron chi connectivity index (χ3n) is 4.16. The van der Waals surface area contributed by atoms with Crippen LogP contribution in [0.3, 0.4) is 0 Å². The second-order valence-corrected chi connectivity index (χ2v) is 6.66. The van der Waals surface area contributed by atoms with E-state index in [1.54, 1.807) is 24.3 Å². The van der Waals surface area contributed by atoms with Gasteiger partial charge in [0.05, 0.1) is 12.3 Å². The molecule has 29 heavy (non-hydrogen) atoms. The third kappa shape index (κ3) is 5.41. The van der Waals surface area contributed by atoms with Gasteiger partial charge in [-0.2, -0.15) is 13.9 Å². The lowest BCUT2D eigenvalue weighted by Gasteiger charge is -2.15. The lowest BCUT2D eigenvalue weighted by molar-refractivity contribution is -0.168. The number of rotatable bonds is 9. The van der Waals surface area contributed by atoms with Crippen LogP contribution < -0.4 is 0 Å². The van der Waals surface area contributed by atoms with Crippen LogP contribution in [0.4, 0.5) is 17.6 Å². The van der Waals surface area contributed by atoms with Gasteiger partial charge in [0, 0.05) is 24.2 Å². The summed E-state index contributed by atoms with van der Waals surface area (Å²) in [5, 5.41) is 12.4. The van der Waals surface area contributed by atoms with Crippen molar-refractivity contribution in [3.05, 3.63) is 53.2 Å². The summed E-state index contributed by atoms with van der Waals surface area (Å²) in [6, 6.07) is 8.61. The number of nitrogens with zero attached hydrogens (tertiary/aromatic N) is 4. The van der Waals surface area contributed by atoms with Crippen molar-refractivity contribution in [2.24, 2.45) is 0 Å². The summed E-state index contributed by atoms with van der Waals surface area (Å²) in [6.07, 6.45) is -3.26. The molecular weight excluding hydrogens is 392 g/mol. The third-order valence-corrected chi connectivity index (χ3v) is 4.16. The predicted molar refractivity (Wildman–Crippen MR) is 95.7 cm³/mol. The van der Waals surface area contributed by atoms with Crippen LogP contribution in [-0.4, -0.2) is 38.9 Å². The Hall–Kier alpha value is -2.75. The van der Waals surface area contributed by atoms with E-state index >= 15 is 0 Å². The van der Waals surface area contributed by atoms with E-state index in [0.717, 1.165) is 11.4 Å². The van der Waals surface area contributed by atoms with Gasteiger partial charge in [0.25, 0.3) is 0 Å². The highest BCUT2D eigenvalue weighted by Gasteiger charge is 2.40. The van der Waals surface area contributed by atoms with Crippen LogP contribution in [0.15, 0.2) is 34.7 Å². The van der Waals surface area contributed by atoms with E-state index in [1.165, 1.54) is 0 Å². The normalized spacial score (nSPS) is 12.1. The van der Waals surface area contributed by atoms with Gasteiger partial charge in [-0.3, -0.25) is 4.68 Å². The summed E-state index contributed by atoms with van der Waals surface area (Å²) in [6.45, 7) is 2.87. The fraction of sp³-hybridized carbons (Fsp3) is 0.421. The Morgan fingerprint density at radius 3 is 2.66 bits per heavy atom. The number of ether oxygens (including phenoxy) is 1. The Bertz CT molecular complexity index is 955. The van der Waals surface area contributed by atoms with E-state index in [0.29, 0.717) is 30.0 Å². The molecule has 0 aliphatic heterocycles. The highest BCUT2D eigenvalue weighted by Crippen LogP contribution is 2.24. The maximum atomic E-state index is 12.9. The lowest BCUT2D eigenvalue weighted by atomic mass is 10.1. The van der Waals surface area contributed by atoms with Crippen LogP contribution in [0, 0.1) is 13.8 Å². The van der Waals surface area contributed by atoms with Crippen LogP contribution in [-0.2, 0) is 24.3 Å². The Balaban J connectivity index is 1.60. The molecule has 0 unspecified atom stereocenters. The van der Waals surface area contributed by atoms with Gasteiger partial charge in [-0.15, -0.1) is 10.2 Å². The average molecular weight is 412 g/mol. The van der Waals surface area contributed by atoms with Gasteiger partial charge in [0.1, 0.15) is 6.61 Å². The second kappa shape index (κ2) is 8.73. The predicted octanol–water partition coefficient (Wildman–Crippen LogP) is 4.21. The Kier molecular flexibility index (Phi) is 6.31. The number of halogens is 4. The van der Waals surface area contributed by atoms with Gasteiger partial charge < -0.3 is 9.15 Å². The fourth-order valence-electron chi connectivity index (χ4n) is 2.74. The van der Waals surface area contributed by atoms with Crippen molar-refractivity contribution in [3.8, 4) is 11.5 Å². The molecule has 0 N–H and O–H groups in total. The van der Waals surface area contributed by atoms with E-state index in [4.69, 9.17) is 9.15 Å². The molecule has 0 saturated carbocycles. The van der Waals surface area contributed by atoms with Crippen molar-refractivity contribution in [1.82, 2.24) is 20.0 Å². The SMILES string of the molecule is Cc1cc(C)n(CCc2nnc(-c3cccc(COCC(F)(F)C(F)F)c3)o2)n1. The highest BCUT2D eigenvalue weighted by atomic mass is 19.3. The summed E-state index contributed by atoms with van der Waals surface area (Å²) >= 11 is 0. The molecule has 0 saturated heterocycles. The maximum Gasteiger partial charge on any atom is 0.330 e. The first-order chi connectivity index (χ1) is 13.7. The topological polar surface area (TPSA) is 66.0 Å². The molecular formula is C19H20F4N4O2. The summed E-state index contributed by atoms with van der Waals surface area (Å²) < 4.78 is 62.4. The summed E-state index contributed by atoms with van der Waals surface area (Å²) in [7, 11) is 0. The Morgan fingerprint density at radius 2 is 1.97 bits per heavy atom. The zero-order valence-corrected chi connectivity index (χ0v) is 15.9. The van der Waals surface area contributed by atoms with Gasteiger partial charge in [0.2, 0.25) is 11.8 Å². The molecule has 0 atom stereocenters. The van der Waals surface area contributed by atoms with E-state index < -0.39 is 19.0 Å². The van der Waals surface area contributed by atoms with Gasteiger partial charge in [-0.05, 0) is 37.6 Å². The molecule has 6 nitrogen and oxygen atoms in total. The molecule has 3 rings (SSSR count). The molecule has 2 aromatic heterocycles. The highest BCUT2D eigenvalue weighted by molar-refractivity contribution is 5.53. The number of hydrogen-bond donors (Lipinski definition) is 0. The molecule has 10 heteroatoms. The quantitative estimate of drug-likeness (QED) is 0.493. The lowest BCUT2D eigenvalue weighted by Crippen LogP contribution is -2.32. The average Bonchev–Trinajstić information content (AvgIpc) is 3.26. The van der Waals surface area contributed by atoms with E-state index in [9.17, 15) is 17.6 Å². The van der Waals surface area contributed by atoms with Crippen LogP contribution in [0.1, 0.15) is 22.8 Å². The van der Waals surface area contributed by atoms with Crippen molar-refractivity contribution in [2.45, 2.75) is 45.8 Å². The summed E-state index contributed by atoms with van der Waals surface area (Å²) in [5.41, 5.74) is 3.07. The summed E-state index contributed by atoms with van der Waals surface area (Å²) in [5.74, 6) is -3.47. The Labute approximate surface area is 164 Å². The monoisotopic (exact) mass is 412 g/mol. The summed E-state index contributed by atoms with van der Waals surface area (Å²) in [4.78, 5) is 0. The minimum atomic E-state index is -4.18. The molecule has 2 heterocycles. The van der Waals surface area contributed by atoms with Crippen molar-refractivity contribution in [2.75, 3.05) is 6.61 Å². The molecule has 0 amide bonds. The number of aromatic nitrogens is 4.